The number of guanidine groups is 1. The number of halogens is 7. The van der Waals surface area contributed by atoms with Crippen LogP contribution in [0.1, 0.15) is 23.2 Å². The molecular formula is C16H18F6IN5OS. The molecule has 2 N–H and O–H groups in total. The molecule has 2 rings (SSSR count). The number of rotatable bonds is 7. The molecule has 0 fully saturated rings. The smallest absolute Gasteiger partial charge is 0.434 e. The Morgan fingerprint density at radius 3 is 2.43 bits per heavy atom. The molecule has 0 saturated heterocycles. The molecule has 0 aliphatic heterocycles. The first-order valence-corrected chi connectivity index (χ1v) is 9.13. The maximum absolute atomic E-state index is 12.6. The van der Waals surface area contributed by atoms with Crippen molar-refractivity contribution in [1.82, 2.24) is 20.6 Å². The van der Waals surface area contributed by atoms with Gasteiger partial charge in [0.1, 0.15) is 5.01 Å². The zero-order chi connectivity index (χ0) is 21.5. The number of pyridine rings is 1. The van der Waals surface area contributed by atoms with Crippen molar-refractivity contribution in [2.45, 2.75) is 32.4 Å². The molecule has 30 heavy (non-hydrogen) atoms. The first-order valence-electron chi connectivity index (χ1n) is 8.25. The summed E-state index contributed by atoms with van der Waals surface area (Å²) < 4.78 is 78.6. The zero-order valence-electron chi connectivity index (χ0n) is 15.5. The number of aromatic nitrogens is 2. The number of nitrogens with zero attached hydrogens (tertiary/aromatic N) is 3. The molecule has 14 heteroatoms. The van der Waals surface area contributed by atoms with Crippen LogP contribution in [0.25, 0.3) is 0 Å². The summed E-state index contributed by atoms with van der Waals surface area (Å²) >= 11 is 0.878. The minimum atomic E-state index is -4.49. The average Bonchev–Trinajstić information content (AvgIpc) is 3.12. The van der Waals surface area contributed by atoms with Gasteiger partial charge >= 0.3 is 12.4 Å². The van der Waals surface area contributed by atoms with Crippen LogP contribution in [0.2, 0.25) is 0 Å². The molecule has 0 atom stereocenters. The van der Waals surface area contributed by atoms with Crippen molar-refractivity contribution in [2.75, 3.05) is 13.2 Å². The van der Waals surface area contributed by atoms with Gasteiger partial charge in [0, 0.05) is 24.2 Å². The Kier molecular flexibility index (Phi) is 10.1. The Balaban J connectivity index is 0.00000450. The summed E-state index contributed by atoms with van der Waals surface area (Å²) in [6.45, 7) is 1.10. The number of alkyl halides is 6. The average molecular weight is 569 g/mol. The van der Waals surface area contributed by atoms with Crippen LogP contribution in [-0.4, -0.2) is 35.3 Å². The van der Waals surface area contributed by atoms with Gasteiger partial charge in [0.25, 0.3) is 0 Å². The van der Waals surface area contributed by atoms with Gasteiger partial charge in [-0.15, -0.1) is 35.3 Å². The van der Waals surface area contributed by atoms with Gasteiger partial charge in [-0.2, -0.15) is 26.3 Å². The molecule has 2 aromatic heterocycles. The highest BCUT2D eigenvalue weighted by atomic mass is 127. The molecule has 0 aliphatic rings. The van der Waals surface area contributed by atoms with E-state index in [0.717, 1.165) is 16.7 Å². The van der Waals surface area contributed by atoms with E-state index in [-0.39, 0.29) is 48.0 Å². The van der Waals surface area contributed by atoms with Crippen molar-refractivity contribution in [2.24, 2.45) is 4.99 Å². The van der Waals surface area contributed by atoms with Crippen molar-refractivity contribution >= 4 is 41.3 Å². The van der Waals surface area contributed by atoms with E-state index >= 15 is 0 Å². The fraction of sp³-hybridized carbons (Fsp3) is 0.438. The van der Waals surface area contributed by atoms with E-state index in [1.807, 2.05) is 6.92 Å². The van der Waals surface area contributed by atoms with Gasteiger partial charge in [-0.25, -0.2) is 15.0 Å². The molecule has 6 nitrogen and oxygen atoms in total. The highest BCUT2D eigenvalue weighted by Gasteiger charge is 2.33. The topological polar surface area (TPSA) is 71.4 Å². The summed E-state index contributed by atoms with van der Waals surface area (Å²) in [5, 5.41) is 6.99. The molecule has 0 aliphatic carbocycles. The minimum absolute atomic E-state index is 0. The van der Waals surface area contributed by atoms with Gasteiger partial charge in [-0.1, -0.05) is 6.07 Å². The molecule has 0 spiro atoms. The Morgan fingerprint density at radius 2 is 1.90 bits per heavy atom. The second-order valence-electron chi connectivity index (χ2n) is 5.58. The van der Waals surface area contributed by atoms with Crippen LogP contribution in [0.5, 0.6) is 5.88 Å². The Morgan fingerprint density at radius 1 is 1.17 bits per heavy atom. The molecule has 0 aromatic carbocycles. The van der Waals surface area contributed by atoms with Crippen LogP contribution in [0.15, 0.2) is 28.7 Å². The fourth-order valence-corrected chi connectivity index (χ4v) is 2.68. The maximum atomic E-state index is 12.6. The number of ether oxygens (including phenoxy) is 1. The van der Waals surface area contributed by atoms with Crippen molar-refractivity contribution in [3.63, 3.8) is 0 Å². The second-order valence-corrected chi connectivity index (χ2v) is 6.52. The van der Waals surface area contributed by atoms with E-state index < -0.39 is 24.7 Å². The van der Waals surface area contributed by atoms with E-state index in [4.69, 9.17) is 0 Å². The van der Waals surface area contributed by atoms with E-state index in [1.54, 1.807) is 0 Å². The van der Waals surface area contributed by atoms with Gasteiger partial charge in [-0.05, 0) is 12.5 Å². The van der Waals surface area contributed by atoms with Crippen LogP contribution in [0, 0.1) is 0 Å². The molecule has 2 aromatic rings. The third kappa shape index (κ3) is 9.32. The van der Waals surface area contributed by atoms with Crippen molar-refractivity contribution in [3.8, 4) is 5.88 Å². The predicted molar refractivity (Wildman–Crippen MR) is 110 cm³/mol. The minimum Gasteiger partial charge on any atom is -0.468 e. The van der Waals surface area contributed by atoms with E-state index in [0.29, 0.717) is 18.1 Å². The lowest BCUT2D eigenvalue weighted by molar-refractivity contribution is -0.154. The SMILES string of the molecule is CCNC(=NCc1ccc(OCC(F)(F)F)nc1)NCc1nc(C(F)(F)F)cs1.I. The van der Waals surface area contributed by atoms with Crippen LogP contribution < -0.4 is 15.4 Å². The fourth-order valence-electron chi connectivity index (χ4n) is 1.94. The summed E-state index contributed by atoms with van der Waals surface area (Å²) in [6, 6.07) is 2.81. The zero-order valence-corrected chi connectivity index (χ0v) is 18.6. The summed E-state index contributed by atoms with van der Waals surface area (Å²) in [5.41, 5.74) is -0.338. The lowest BCUT2D eigenvalue weighted by Gasteiger charge is -2.10. The predicted octanol–water partition coefficient (Wildman–Crippen LogP) is 4.37. The van der Waals surface area contributed by atoms with E-state index in [1.165, 1.54) is 18.3 Å². The number of thiazole rings is 1. The van der Waals surface area contributed by atoms with Crippen molar-refractivity contribution in [3.05, 3.63) is 40.0 Å². The highest BCUT2D eigenvalue weighted by molar-refractivity contribution is 14.0. The summed E-state index contributed by atoms with van der Waals surface area (Å²) in [7, 11) is 0. The van der Waals surface area contributed by atoms with E-state index in [9.17, 15) is 26.3 Å². The molecular weight excluding hydrogens is 551 g/mol. The van der Waals surface area contributed by atoms with Gasteiger partial charge < -0.3 is 15.4 Å². The lowest BCUT2D eigenvalue weighted by Crippen LogP contribution is -2.36. The number of nitrogens with one attached hydrogen (secondary N) is 2. The molecule has 0 amide bonds. The van der Waals surface area contributed by atoms with Crippen molar-refractivity contribution in [1.29, 1.82) is 0 Å². The second kappa shape index (κ2) is 11.5. The lowest BCUT2D eigenvalue weighted by atomic mass is 10.3. The Bertz CT molecular complexity index is 810. The molecule has 0 unspecified atom stereocenters. The van der Waals surface area contributed by atoms with E-state index in [2.05, 4.69) is 30.3 Å². The standard InChI is InChI=1S/C16H17F6N5OS.HI/c1-2-23-14(26-7-13-27-11(8-29-13)16(20,21)22)25-6-10-3-4-12(24-5-10)28-9-15(17,18)19;/h3-5,8H,2,6-7,9H2,1H3,(H2,23,25,26);1H. The number of hydrogen-bond acceptors (Lipinski definition) is 5. The molecule has 0 saturated carbocycles. The summed E-state index contributed by atoms with van der Waals surface area (Å²) in [5.74, 6) is 0.179. The van der Waals surface area contributed by atoms with Crippen molar-refractivity contribution < 1.29 is 31.1 Å². The largest absolute Gasteiger partial charge is 0.468 e. The van der Waals surface area contributed by atoms with Crippen LogP contribution >= 0.6 is 35.3 Å². The Hall–Kier alpha value is -1.84. The normalized spacial score (nSPS) is 12.3. The maximum Gasteiger partial charge on any atom is 0.434 e. The first kappa shape index (κ1) is 26.2. The van der Waals surface area contributed by atoms with Crippen LogP contribution in [-0.2, 0) is 19.3 Å². The Labute approximate surface area is 189 Å². The third-order valence-electron chi connectivity index (χ3n) is 3.19. The van der Waals surface area contributed by atoms with Crippen LogP contribution in [0.3, 0.4) is 0 Å². The highest BCUT2D eigenvalue weighted by Crippen LogP contribution is 2.29. The number of hydrogen-bond donors (Lipinski definition) is 2. The van der Waals surface area contributed by atoms with Gasteiger partial charge in [0.05, 0.1) is 13.1 Å². The third-order valence-corrected chi connectivity index (χ3v) is 4.04. The van der Waals surface area contributed by atoms with Gasteiger partial charge in [-0.3, -0.25) is 0 Å². The monoisotopic (exact) mass is 569 g/mol. The molecule has 168 valence electrons. The van der Waals surface area contributed by atoms with Gasteiger partial charge in [0.15, 0.2) is 18.3 Å². The first-order chi connectivity index (χ1) is 13.6. The molecule has 2 heterocycles. The van der Waals surface area contributed by atoms with Crippen LogP contribution in [0.4, 0.5) is 26.3 Å². The number of aliphatic imine (C=N–C) groups is 1. The molecule has 0 bridgehead atoms. The van der Waals surface area contributed by atoms with Gasteiger partial charge in [0.2, 0.25) is 5.88 Å². The summed E-state index contributed by atoms with van der Waals surface area (Å²) in [6.07, 6.45) is -7.61. The molecule has 0 radical (unpaired) electrons. The summed E-state index contributed by atoms with van der Waals surface area (Å²) in [4.78, 5) is 11.6. The quantitative estimate of drug-likeness (QED) is 0.225.